The van der Waals surface area contributed by atoms with Gasteiger partial charge in [-0.15, -0.1) is 0 Å². The minimum Gasteiger partial charge on any atom is -0.466 e. The number of esters is 1. The highest BCUT2D eigenvalue weighted by molar-refractivity contribution is 6.38. The molecule has 0 radical (unpaired) electrons. The van der Waals surface area contributed by atoms with Gasteiger partial charge in [-0.1, -0.05) is 23.2 Å². The van der Waals surface area contributed by atoms with Crippen LogP contribution in [-0.4, -0.2) is 18.4 Å². The topological polar surface area (TPSA) is 43.4 Å². The van der Waals surface area contributed by atoms with Crippen molar-refractivity contribution in [3.8, 4) is 0 Å². The third-order valence-electron chi connectivity index (χ3n) is 2.29. The van der Waals surface area contributed by atoms with Crippen LogP contribution in [0.2, 0.25) is 10.0 Å². The Hall–Kier alpha value is -1.13. The van der Waals surface area contributed by atoms with Crippen LogP contribution in [0.5, 0.6) is 0 Å². The van der Waals surface area contributed by atoms with Crippen LogP contribution in [0.15, 0.2) is 6.07 Å². The van der Waals surface area contributed by atoms with Crippen LogP contribution in [-0.2, 0) is 9.53 Å². The van der Waals surface area contributed by atoms with Gasteiger partial charge in [0, 0.05) is 5.56 Å². The molecule has 0 saturated heterocycles. The first kappa shape index (κ1) is 14.9. The highest BCUT2D eigenvalue weighted by Gasteiger charge is 2.20. The number of halogens is 3. The Balaban J connectivity index is 3.04. The van der Waals surface area contributed by atoms with Crippen LogP contribution >= 0.6 is 23.2 Å². The molecular formula is C12H11Cl2FO3. The summed E-state index contributed by atoms with van der Waals surface area (Å²) in [6.07, 6.45) is -0.478. The average Bonchev–Trinajstić information content (AvgIpc) is 2.31. The molecule has 0 bridgehead atoms. The standard InChI is InChI=1S/C12H11Cl2FO3/c1-3-18-10(17)5-9(16)7-4-8(15)12(14)6(2)11(7)13/h4H,3,5H2,1-2H3. The molecule has 18 heavy (non-hydrogen) atoms. The molecule has 0 heterocycles. The van der Waals surface area contributed by atoms with E-state index in [1.807, 2.05) is 0 Å². The van der Waals surface area contributed by atoms with Crippen molar-refractivity contribution in [3.63, 3.8) is 0 Å². The quantitative estimate of drug-likeness (QED) is 0.369. The number of hydrogen-bond acceptors (Lipinski definition) is 3. The fourth-order valence-electron chi connectivity index (χ4n) is 1.37. The lowest BCUT2D eigenvalue weighted by atomic mass is 10.1. The molecule has 1 aromatic carbocycles. The molecule has 0 aliphatic rings. The number of ketones is 1. The van der Waals surface area contributed by atoms with Crippen molar-refractivity contribution in [2.75, 3.05) is 6.61 Å². The van der Waals surface area contributed by atoms with Gasteiger partial charge in [0.05, 0.1) is 16.7 Å². The second-order valence-electron chi connectivity index (χ2n) is 3.56. The van der Waals surface area contributed by atoms with Crippen molar-refractivity contribution in [2.45, 2.75) is 20.3 Å². The molecule has 0 spiro atoms. The molecule has 6 heteroatoms. The van der Waals surface area contributed by atoms with Gasteiger partial charge in [-0.05, 0) is 25.5 Å². The van der Waals surface area contributed by atoms with Crippen LogP contribution in [0.1, 0.15) is 29.3 Å². The lowest BCUT2D eigenvalue weighted by Gasteiger charge is -2.08. The fraction of sp³-hybridized carbons (Fsp3) is 0.333. The predicted molar refractivity (Wildman–Crippen MR) is 66.7 cm³/mol. The highest BCUT2D eigenvalue weighted by Crippen LogP contribution is 2.30. The third kappa shape index (κ3) is 3.21. The SMILES string of the molecule is CCOC(=O)CC(=O)c1cc(F)c(Cl)c(C)c1Cl. The van der Waals surface area contributed by atoms with Crippen LogP contribution in [0.4, 0.5) is 4.39 Å². The summed E-state index contributed by atoms with van der Waals surface area (Å²) in [7, 11) is 0. The fourth-order valence-corrected chi connectivity index (χ4v) is 1.82. The maximum Gasteiger partial charge on any atom is 0.313 e. The number of carbonyl (C=O) groups is 2. The lowest BCUT2D eigenvalue weighted by Crippen LogP contribution is -2.12. The van der Waals surface area contributed by atoms with Crippen molar-refractivity contribution in [3.05, 3.63) is 33.1 Å². The van der Waals surface area contributed by atoms with Gasteiger partial charge in [-0.3, -0.25) is 9.59 Å². The Kier molecular flexibility index (Phi) is 5.11. The maximum atomic E-state index is 13.4. The van der Waals surface area contributed by atoms with E-state index in [1.54, 1.807) is 6.92 Å². The third-order valence-corrected chi connectivity index (χ3v) is 3.24. The summed E-state index contributed by atoms with van der Waals surface area (Å²) >= 11 is 11.6. The van der Waals surface area contributed by atoms with Gasteiger partial charge >= 0.3 is 5.97 Å². The molecule has 0 unspecified atom stereocenters. The van der Waals surface area contributed by atoms with Crippen molar-refractivity contribution < 1.29 is 18.7 Å². The van der Waals surface area contributed by atoms with Crippen LogP contribution in [0.25, 0.3) is 0 Å². The van der Waals surface area contributed by atoms with E-state index in [0.717, 1.165) is 6.07 Å². The van der Waals surface area contributed by atoms with Gasteiger partial charge in [-0.25, -0.2) is 4.39 Å². The maximum absolute atomic E-state index is 13.4. The van der Waals surface area contributed by atoms with Gasteiger partial charge in [-0.2, -0.15) is 0 Å². The molecule has 0 saturated carbocycles. The first-order chi connectivity index (χ1) is 8.38. The molecule has 0 N–H and O–H groups in total. The molecule has 0 aromatic heterocycles. The highest BCUT2D eigenvalue weighted by atomic mass is 35.5. The number of rotatable bonds is 4. The Morgan fingerprint density at radius 1 is 1.33 bits per heavy atom. The summed E-state index contributed by atoms with van der Waals surface area (Å²) < 4.78 is 18.0. The largest absolute Gasteiger partial charge is 0.466 e. The lowest BCUT2D eigenvalue weighted by molar-refractivity contribution is -0.141. The van der Waals surface area contributed by atoms with E-state index >= 15 is 0 Å². The summed E-state index contributed by atoms with van der Waals surface area (Å²) in [6, 6.07) is 0.930. The number of benzene rings is 1. The molecule has 0 amide bonds. The Morgan fingerprint density at radius 2 is 1.94 bits per heavy atom. The smallest absolute Gasteiger partial charge is 0.313 e. The van der Waals surface area contributed by atoms with E-state index in [2.05, 4.69) is 4.74 Å². The van der Waals surface area contributed by atoms with E-state index < -0.39 is 24.0 Å². The van der Waals surface area contributed by atoms with Crippen LogP contribution in [0, 0.1) is 12.7 Å². The van der Waals surface area contributed by atoms with Gasteiger partial charge < -0.3 is 4.74 Å². The van der Waals surface area contributed by atoms with Gasteiger partial charge in [0.2, 0.25) is 0 Å². The van der Waals surface area contributed by atoms with Crippen molar-refractivity contribution in [1.29, 1.82) is 0 Å². The van der Waals surface area contributed by atoms with Gasteiger partial charge in [0.25, 0.3) is 0 Å². The second-order valence-corrected chi connectivity index (χ2v) is 4.32. The number of hydrogen-bond donors (Lipinski definition) is 0. The Labute approximate surface area is 114 Å². The van der Waals surface area contributed by atoms with E-state index in [-0.39, 0.29) is 27.8 Å². The predicted octanol–water partition coefficient (Wildman–Crippen LogP) is 3.58. The monoisotopic (exact) mass is 292 g/mol. The minimum absolute atomic E-state index is 0.0516. The minimum atomic E-state index is -0.745. The van der Waals surface area contributed by atoms with Crippen molar-refractivity contribution in [1.82, 2.24) is 0 Å². The number of ether oxygens (including phenoxy) is 1. The summed E-state index contributed by atoms with van der Waals surface area (Å²) in [5, 5.41) is -0.0802. The van der Waals surface area contributed by atoms with Crippen LogP contribution in [0.3, 0.4) is 0 Å². The molecule has 0 fully saturated rings. The summed E-state index contributed by atoms with van der Waals surface area (Å²) in [5.41, 5.74) is 0.203. The van der Waals surface area contributed by atoms with E-state index in [0.29, 0.717) is 0 Å². The zero-order valence-electron chi connectivity index (χ0n) is 9.85. The molecule has 1 aromatic rings. The van der Waals surface area contributed by atoms with E-state index in [9.17, 15) is 14.0 Å². The molecule has 0 aliphatic carbocycles. The Bertz CT molecular complexity index is 501. The van der Waals surface area contributed by atoms with Crippen LogP contribution < -0.4 is 0 Å². The molecular weight excluding hydrogens is 282 g/mol. The second kappa shape index (κ2) is 6.16. The molecule has 3 nitrogen and oxygen atoms in total. The normalized spacial score (nSPS) is 10.3. The van der Waals surface area contributed by atoms with Gasteiger partial charge in [0.15, 0.2) is 5.78 Å². The molecule has 1 rings (SSSR count). The van der Waals surface area contributed by atoms with E-state index in [1.165, 1.54) is 6.92 Å². The first-order valence-electron chi connectivity index (χ1n) is 5.21. The summed E-state index contributed by atoms with van der Waals surface area (Å²) in [5.74, 6) is -2.02. The molecule has 98 valence electrons. The zero-order valence-corrected chi connectivity index (χ0v) is 11.4. The number of carbonyl (C=O) groups excluding carboxylic acids is 2. The summed E-state index contributed by atoms with van der Waals surface area (Å²) in [6.45, 7) is 3.30. The van der Waals surface area contributed by atoms with Crippen molar-refractivity contribution in [2.24, 2.45) is 0 Å². The van der Waals surface area contributed by atoms with E-state index in [4.69, 9.17) is 23.2 Å². The molecule has 0 atom stereocenters. The van der Waals surface area contributed by atoms with Gasteiger partial charge in [0.1, 0.15) is 12.2 Å². The number of Topliss-reactive ketones (excluding diaryl/α,β-unsaturated/α-hetero) is 1. The molecule has 0 aliphatic heterocycles. The first-order valence-corrected chi connectivity index (χ1v) is 5.97. The Morgan fingerprint density at radius 3 is 2.50 bits per heavy atom. The average molecular weight is 293 g/mol. The summed E-state index contributed by atoms with van der Waals surface area (Å²) in [4.78, 5) is 22.9. The van der Waals surface area contributed by atoms with Crippen molar-refractivity contribution >= 4 is 35.0 Å². The zero-order chi connectivity index (χ0) is 13.9.